The monoisotopic (exact) mass is 264 g/mol. The highest BCUT2D eigenvalue weighted by atomic mass is 32.1. The van der Waals surface area contributed by atoms with Crippen LogP contribution in [0.25, 0.3) is 0 Å². The first-order valence-electron chi connectivity index (χ1n) is 6.08. The minimum atomic E-state index is 0.0861. The van der Waals surface area contributed by atoms with Gasteiger partial charge in [0.05, 0.1) is 11.2 Å². The number of aromatic nitrogens is 3. The number of nitrogens with one attached hydrogen (secondary N) is 1. The van der Waals surface area contributed by atoms with Crippen LogP contribution in [0.1, 0.15) is 36.9 Å². The maximum atomic E-state index is 4.56. The fraction of sp³-hybridized carbons (Fsp3) is 0.538. The molecule has 98 valence electrons. The molecule has 2 aromatic heterocycles. The Morgan fingerprint density at radius 1 is 1.33 bits per heavy atom. The lowest BCUT2D eigenvalue weighted by atomic mass is 9.89. The van der Waals surface area contributed by atoms with E-state index in [1.165, 1.54) is 16.1 Å². The van der Waals surface area contributed by atoms with E-state index in [9.17, 15) is 0 Å². The van der Waals surface area contributed by atoms with Gasteiger partial charge in [-0.05, 0) is 0 Å². The predicted molar refractivity (Wildman–Crippen MR) is 74.6 cm³/mol. The molecule has 1 N–H and O–H groups in total. The third kappa shape index (κ3) is 3.17. The molecular weight excluding hydrogens is 244 g/mol. The molecule has 0 spiro atoms. The van der Waals surface area contributed by atoms with Crippen molar-refractivity contribution in [2.24, 2.45) is 7.05 Å². The molecule has 0 aromatic carbocycles. The summed E-state index contributed by atoms with van der Waals surface area (Å²) in [5, 5.41) is 8.01. The van der Waals surface area contributed by atoms with E-state index in [0.717, 1.165) is 13.1 Å². The Labute approximate surface area is 112 Å². The summed E-state index contributed by atoms with van der Waals surface area (Å²) < 4.78 is 1.89. The smallest absolute Gasteiger partial charge is 0.0794 e. The van der Waals surface area contributed by atoms with Crippen molar-refractivity contribution in [1.29, 1.82) is 0 Å². The molecule has 0 amide bonds. The molecule has 0 bridgehead atoms. The van der Waals surface area contributed by atoms with Crippen molar-refractivity contribution in [3.05, 3.63) is 34.0 Å². The summed E-state index contributed by atoms with van der Waals surface area (Å²) in [7, 11) is 1.97. The minimum absolute atomic E-state index is 0.0861. The molecule has 18 heavy (non-hydrogen) atoms. The van der Waals surface area contributed by atoms with Gasteiger partial charge in [-0.3, -0.25) is 9.67 Å². The molecule has 0 saturated heterocycles. The number of hydrogen-bond donors (Lipinski definition) is 1. The number of thiazole rings is 1. The minimum Gasteiger partial charge on any atom is -0.308 e. The third-order valence-corrected chi connectivity index (χ3v) is 3.49. The summed E-state index contributed by atoms with van der Waals surface area (Å²) in [5.74, 6) is 0. The van der Waals surface area contributed by atoms with Crippen LogP contribution in [0.2, 0.25) is 0 Å². The molecule has 0 aliphatic heterocycles. The molecule has 0 unspecified atom stereocenters. The third-order valence-electron chi connectivity index (χ3n) is 2.71. The van der Waals surface area contributed by atoms with Crippen LogP contribution in [-0.2, 0) is 25.6 Å². The van der Waals surface area contributed by atoms with Crippen molar-refractivity contribution in [3.8, 4) is 0 Å². The van der Waals surface area contributed by atoms with Gasteiger partial charge in [-0.15, -0.1) is 11.3 Å². The van der Waals surface area contributed by atoms with Gasteiger partial charge in [-0.2, -0.15) is 5.10 Å². The maximum absolute atomic E-state index is 4.56. The SMILES string of the molecule is Cn1cc(CNCc2cncs2)c(C(C)(C)C)n1. The van der Waals surface area contributed by atoms with Crippen molar-refractivity contribution in [3.63, 3.8) is 0 Å². The second kappa shape index (κ2) is 5.20. The first-order chi connectivity index (χ1) is 8.47. The standard InChI is InChI=1S/C13H20N4S/c1-13(2,3)12-10(8-17(4)16-12)5-14-6-11-7-15-9-18-11/h7-9,14H,5-6H2,1-4H3. The Morgan fingerprint density at radius 2 is 2.11 bits per heavy atom. The second-order valence-electron chi connectivity index (χ2n) is 5.50. The van der Waals surface area contributed by atoms with Crippen molar-refractivity contribution in [2.75, 3.05) is 0 Å². The summed E-state index contributed by atoms with van der Waals surface area (Å²) in [6, 6.07) is 0. The lowest BCUT2D eigenvalue weighted by Gasteiger charge is -2.17. The molecule has 0 aliphatic rings. The molecule has 0 saturated carbocycles. The van der Waals surface area contributed by atoms with Gasteiger partial charge >= 0.3 is 0 Å². The van der Waals surface area contributed by atoms with Crippen molar-refractivity contribution in [1.82, 2.24) is 20.1 Å². The van der Waals surface area contributed by atoms with Gasteiger partial charge in [0.15, 0.2) is 0 Å². The highest BCUT2D eigenvalue weighted by Gasteiger charge is 2.21. The zero-order chi connectivity index (χ0) is 13.2. The quantitative estimate of drug-likeness (QED) is 0.922. The number of rotatable bonds is 4. The van der Waals surface area contributed by atoms with Crippen LogP contribution in [-0.4, -0.2) is 14.8 Å². The van der Waals surface area contributed by atoms with E-state index in [0.29, 0.717) is 0 Å². The molecule has 2 heterocycles. The Balaban J connectivity index is 2.01. The first kappa shape index (κ1) is 13.2. The highest BCUT2D eigenvalue weighted by molar-refractivity contribution is 7.09. The van der Waals surface area contributed by atoms with Crippen LogP contribution in [0.3, 0.4) is 0 Å². The number of nitrogens with zero attached hydrogens (tertiary/aromatic N) is 3. The number of aryl methyl sites for hydroxylation is 1. The summed E-state index contributed by atoms with van der Waals surface area (Å²) >= 11 is 1.68. The van der Waals surface area contributed by atoms with Crippen LogP contribution >= 0.6 is 11.3 Å². The Hall–Kier alpha value is -1.20. The second-order valence-corrected chi connectivity index (χ2v) is 6.47. The van der Waals surface area contributed by atoms with E-state index in [4.69, 9.17) is 0 Å². The summed E-state index contributed by atoms with van der Waals surface area (Å²) in [5.41, 5.74) is 4.39. The summed E-state index contributed by atoms with van der Waals surface area (Å²) in [6.45, 7) is 8.30. The maximum Gasteiger partial charge on any atom is 0.0794 e. The molecule has 2 rings (SSSR count). The van der Waals surface area contributed by atoms with Gasteiger partial charge in [0, 0.05) is 48.4 Å². The molecule has 4 nitrogen and oxygen atoms in total. The van der Waals surface area contributed by atoms with Gasteiger partial charge in [0.25, 0.3) is 0 Å². The van der Waals surface area contributed by atoms with Gasteiger partial charge in [0.2, 0.25) is 0 Å². The lowest BCUT2D eigenvalue weighted by Crippen LogP contribution is -2.18. The predicted octanol–water partition coefficient (Wildman–Crippen LogP) is 2.46. The van der Waals surface area contributed by atoms with Gasteiger partial charge in [-0.1, -0.05) is 20.8 Å². The largest absolute Gasteiger partial charge is 0.308 e. The van der Waals surface area contributed by atoms with Gasteiger partial charge < -0.3 is 5.32 Å². The van der Waals surface area contributed by atoms with Crippen molar-refractivity contribution in [2.45, 2.75) is 39.3 Å². The van der Waals surface area contributed by atoms with Crippen LogP contribution in [0.4, 0.5) is 0 Å². The molecule has 0 atom stereocenters. The van der Waals surface area contributed by atoms with Crippen LogP contribution in [0, 0.1) is 0 Å². The van der Waals surface area contributed by atoms with E-state index < -0.39 is 0 Å². The van der Waals surface area contributed by atoms with E-state index in [1.807, 2.05) is 23.4 Å². The van der Waals surface area contributed by atoms with Crippen molar-refractivity contribution < 1.29 is 0 Å². The molecular formula is C13H20N4S. The van der Waals surface area contributed by atoms with Crippen LogP contribution in [0.15, 0.2) is 17.9 Å². The van der Waals surface area contributed by atoms with Crippen LogP contribution < -0.4 is 5.32 Å². The fourth-order valence-electron chi connectivity index (χ4n) is 1.95. The molecule has 0 radical (unpaired) electrons. The van der Waals surface area contributed by atoms with E-state index >= 15 is 0 Å². The van der Waals surface area contributed by atoms with E-state index in [2.05, 4.69) is 42.4 Å². The first-order valence-corrected chi connectivity index (χ1v) is 6.96. The Kier molecular flexibility index (Phi) is 3.82. The molecule has 5 heteroatoms. The van der Waals surface area contributed by atoms with Crippen molar-refractivity contribution >= 4 is 11.3 Å². The molecule has 0 fully saturated rings. The molecule has 0 aliphatic carbocycles. The van der Waals surface area contributed by atoms with E-state index in [1.54, 1.807) is 11.3 Å². The van der Waals surface area contributed by atoms with Crippen LogP contribution in [0.5, 0.6) is 0 Å². The zero-order valence-corrected chi connectivity index (χ0v) is 12.2. The normalized spacial score (nSPS) is 12.0. The average molecular weight is 264 g/mol. The zero-order valence-electron chi connectivity index (χ0n) is 11.4. The summed E-state index contributed by atoms with van der Waals surface area (Å²) in [6.07, 6.45) is 4.01. The highest BCUT2D eigenvalue weighted by Crippen LogP contribution is 2.24. The number of hydrogen-bond acceptors (Lipinski definition) is 4. The Morgan fingerprint density at radius 3 is 2.72 bits per heavy atom. The van der Waals surface area contributed by atoms with E-state index in [-0.39, 0.29) is 5.41 Å². The topological polar surface area (TPSA) is 42.7 Å². The molecule has 2 aromatic rings. The van der Waals surface area contributed by atoms with Gasteiger partial charge in [-0.25, -0.2) is 0 Å². The average Bonchev–Trinajstić information content (AvgIpc) is 2.87. The summed E-state index contributed by atoms with van der Waals surface area (Å²) in [4.78, 5) is 5.33. The fourth-order valence-corrected chi connectivity index (χ4v) is 2.51. The lowest BCUT2D eigenvalue weighted by molar-refractivity contribution is 0.543. The van der Waals surface area contributed by atoms with Gasteiger partial charge in [0.1, 0.15) is 0 Å². The Bertz CT molecular complexity index is 494.